The van der Waals surface area contributed by atoms with E-state index in [-0.39, 0.29) is 5.97 Å². The predicted molar refractivity (Wildman–Crippen MR) is 81.8 cm³/mol. The molecule has 0 aliphatic rings. The molecule has 0 unspecified atom stereocenters. The molecule has 0 heterocycles. The SMILES string of the molecule is CC(C)(C)OC(=O)c1ccccc1-c1ccccc1C#N. The first-order valence-corrected chi connectivity index (χ1v) is 6.74. The number of ether oxygens (including phenoxy) is 1. The molecule has 0 aliphatic carbocycles. The van der Waals surface area contributed by atoms with Crippen molar-refractivity contribution in [1.82, 2.24) is 0 Å². The van der Waals surface area contributed by atoms with Crippen LogP contribution in [0.25, 0.3) is 11.1 Å². The largest absolute Gasteiger partial charge is 0.456 e. The number of hydrogen-bond donors (Lipinski definition) is 0. The van der Waals surface area contributed by atoms with Gasteiger partial charge in [0.2, 0.25) is 0 Å². The molecule has 2 aromatic carbocycles. The van der Waals surface area contributed by atoms with Crippen molar-refractivity contribution >= 4 is 5.97 Å². The summed E-state index contributed by atoms with van der Waals surface area (Å²) < 4.78 is 5.44. The lowest BCUT2D eigenvalue weighted by Gasteiger charge is -2.20. The van der Waals surface area contributed by atoms with E-state index in [0.717, 1.165) is 5.56 Å². The van der Waals surface area contributed by atoms with Crippen LogP contribution in [0.3, 0.4) is 0 Å². The number of rotatable bonds is 2. The van der Waals surface area contributed by atoms with Gasteiger partial charge in [-0.15, -0.1) is 0 Å². The standard InChI is InChI=1S/C18H17NO2/c1-18(2,3)21-17(20)16-11-7-6-10-15(16)14-9-5-4-8-13(14)12-19/h4-11H,1-3H3. The molecule has 0 fully saturated rings. The van der Waals surface area contributed by atoms with Crippen molar-refractivity contribution < 1.29 is 9.53 Å². The number of nitrogens with zero attached hydrogens (tertiary/aromatic N) is 1. The van der Waals surface area contributed by atoms with Gasteiger partial charge in [0, 0.05) is 5.56 Å². The van der Waals surface area contributed by atoms with Gasteiger partial charge in [0.25, 0.3) is 0 Å². The second-order valence-corrected chi connectivity index (χ2v) is 5.70. The molecule has 106 valence electrons. The van der Waals surface area contributed by atoms with E-state index < -0.39 is 5.60 Å². The van der Waals surface area contributed by atoms with Crippen molar-refractivity contribution in [1.29, 1.82) is 5.26 Å². The number of carbonyl (C=O) groups is 1. The average molecular weight is 279 g/mol. The quantitative estimate of drug-likeness (QED) is 0.775. The van der Waals surface area contributed by atoms with E-state index in [1.807, 2.05) is 45.0 Å². The Hall–Kier alpha value is -2.60. The Kier molecular flexibility index (Phi) is 4.09. The van der Waals surface area contributed by atoms with E-state index in [1.165, 1.54) is 0 Å². The highest BCUT2D eigenvalue weighted by molar-refractivity contribution is 5.98. The lowest BCUT2D eigenvalue weighted by molar-refractivity contribution is 0.00705. The van der Waals surface area contributed by atoms with Crippen molar-refractivity contribution in [3.05, 3.63) is 59.7 Å². The van der Waals surface area contributed by atoms with E-state index in [9.17, 15) is 10.1 Å². The van der Waals surface area contributed by atoms with Crippen LogP contribution in [-0.4, -0.2) is 11.6 Å². The van der Waals surface area contributed by atoms with E-state index in [2.05, 4.69) is 6.07 Å². The highest BCUT2D eigenvalue weighted by atomic mass is 16.6. The van der Waals surface area contributed by atoms with Gasteiger partial charge in [-0.25, -0.2) is 4.79 Å². The Balaban J connectivity index is 2.52. The molecule has 21 heavy (non-hydrogen) atoms. The molecule has 2 rings (SSSR count). The van der Waals surface area contributed by atoms with Gasteiger partial charge in [-0.3, -0.25) is 0 Å². The summed E-state index contributed by atoms with van der Waals surface area (Å²) in [5.41, 5.74) is 1.90. The molecule has 2 aromatic rings. The topological polar surface area (TPSA) is 50.1 Å². The molecule has 0 amide bonds. The molecule has 0 atom stereocenters. The van der Waals surface area contributed by atoms with Crippen molar-refractivity contribution in [3.63, 3.8) is 0 Å². The minimum Gasteiger partial charge on any atom is -0.456 e. The number of hydrogen-bond acceptors (Lipinski definition) is 3. The van der Waals surface area contributed by atoms with Gasteiger partial charge in [-0.05, 0) is 38.5 Å². The second kappa shape index (κ2) is 5.80. The molecular formula is C18H17NO2. The highest BCUT2D eigenvalue weighted by Crippen LogP contribution is 2.28. The number of carbonyl (C=O) groups excluding carboxylic acids is 1. The fourth-order valence-electron chi connectivity index (χ4n) is 2.04. The van der Waals surface area contributed by atoms with Crippen LogP contribution in [0.2, 0.25) is 0 Å². The summed E-state index contributed by atoms with van der Waals surface area (Å²) in [6, 6.07) is 16.6. The maximum absolute atomic E-state index is 12.3. The molecule has 0 radical (unpaired) electrons. The molecule has 3 nitrogen and oxygen atoms in total. The van der Waals surface area contributed by atoms with Crippen LogP contribution in [0.5, 0.6) is 0 Å². The maximum atomic E-state index is 12.3. The van der Waals surface area contributed by atoms with Crippen LogP contribution in [0.15, 0.2) is 48.5 Å². The van der Waals surface area contributed by atoms with Crippen LogP contribution in [0.1, 0.15) is 36.7 Å². The highest BCUT2D eigenvalue weighted by Gasteiger charge is 2.21. The zero-order chi connectivity index (χ0) is 15.5. The van der Waals surface area contributed by atoms with E-state index >= 15 is 0 Å². The molecule has 0 bridgehead atoms. The van der Waals surface area contributed by atoms with Gasteiger partial charge >= 0.3 is 5.97 Å². The van der Waals surface area contributed by atoms with Gasteiger partial charge in [-0.2, -0.15) is 5.26 Å². The van der Waals surface area contributed by atoms with Gasteiger partial charge in [0.1, 0.15) is 5.60 Å². The lowest BCUT2D eigenvalue weighted by atomic mass is 9.96. The van der Waals surface area contributed by atoms with E-state index in [0.29, 0.717) is 16.7 Å². The normalized spacial score (nSPS) is 10.8. The Labute approximate surface area is 124 Å². The maximum Gasteiger partial charge on any atom is 0.339 e. The molecule has 0 saturated carbocycles. The van der Waals surface area contributed by atoms with Gasteiger partial charge in [0.15, 0.2) is 0 Å². The summed E-state index contributed by atoms with van der Waals surface area (Å²) in [5, 5.41) is 9.23. The monoisotopic (exact) mass is 279 g/mol. The summed E-state index contributed by atoms with van der Waals surface area (Å²) in [4.78, 5) is 12.3. The lowest BCUT2D eigenvalue weighted by Crippen LogP contribution is -2.24. The van der Waals surface area contributed by atoms with Crippen LogP contribution < -0.4 is 0 Å². The Bertz CT molecular complexity index is 706. The predicted octanol–water partition coefficient (Wildman–Crippen LogP) is 4.18. The molecule has 0 aromatic heterocycles. The minimum atomic E-state index is -0.557. The number of esters is 1. The smallest absolute Gasteiger partial charge is 0.339 e. The molecule has 0 N–H and O–H groups in total. The minimum absolute atomic E-state index is 0.383. The Morgan fingerprint density at radius 2 is 1.57 bits per heavy atom. The first-order valence-electron chi connectivity index (χ1n) is 6.74. The summed E-state index contributed by atoms with van der Waals surface area (Å²) in [5.74, 6) is -0.383. The van der Waals surface area contributed by atoms with E-state index in [1.54, 1.807) is 24.3 Å². The summed E-state index contributed by atoms with van der Waals surface area (Å²) in [7, 11) is 0. The van der Waals surface area contributed by atoms with Gasteiger partial charge in [0.05, 0.1) is 17.2 Å². The van der Waals surface area contributed by atoms with Crippen molar-refractivity contribution in [3.8, 4) is 17.2 Å². The fourth-order valence-corrected chi connectivity index (χ4v) is 2.04. The summed E-state index contributed by atoms with van der Waals surface area (Å²) in [6.45, 7) is 5.49. The molecule has 0 saturated heterocycles. The van der Waals surface area contributed by atoms with Gasteiger partial charge in [-0.1, -0.05) is 36.4 Å². The molecule has 3 heteroatoms. The van der Waals surface area contributed by atoms with Crippen LogP contribution in [0, 0.1) is 11.3 Å². The summed E-state index contributed by atoms with van der Waals surface area (Å²) in [6.07, 6.45) is 0. The van der Waals surface area contributed by atoms with Crippen molar-refractivity contribution in [2.24, 2.45) is 0 Å². The van der Waals surface area contributed by atoms with Crippen LogP contribution in [-0.2, 0) is 4.74 Å². The first kappa shape index (κ1) is 14.8. The van der Waals surface area contributed by atoms with Gasteiger partial charge < -0.3 is 4.74 Å². The number of benzene rings is 2. The first-order chi connectivity index (χ1) is 9.92. The molecule has 0 spiro atoms. The Morgan fingerprint density at radius 3 is 2.19 bits per heavy atom. The Morgan fingerprint density at radius 1 is 1.00 bits per heavy atom. The summed E-state index contributed by atoms with van der Waals surface area (Å²) >= 11 is 0. The zero-order valence-electron chi connectivity index (χ0n) is 12.4. The third-order valence-corrected chi connectivity index (χ3v) is 2.88. The molecule has 0 aliphatic heterocycles. The van der Waals surface area contributed by atoms with Crippen LogP contribution >= 0.6 is 0 Å². The average Bonchev–Trinajstić information content (AvgIpc) is 2.45. The third kappa shape index (κ3) is 3.49. The third-order valence-electron chi connectivity index (χ3n) is 2.88. The zero-order valence-corrected chi connectivity index (χ0v) is 12.4. The van der Waals surface area contributed by atoms with Crippen LogP contribution in [0.4, 0.5) is 0 Å². The van der Waals surface area contributed by atoms with E-state index in [4.69, 9.17) is 4.74 Å². The van der Waals surface area contributed by atoms with Crippen molar-refractivity contribution in [2.75, 3.05) is 0 Å². The second-order valence-electron chi connectivity index (χ2n) is 5.70. The van der Waals surface area contributed by atoms with Crippen molar-refractivity contribution in [2.45, 2.75) is 26.4 Å². The number of nitriles is 1. The fraction of sp³-hybridized carbons (Fsp3) is 0.222. The molecular weight excluding hydrogens is 262 g/mol.